The Kier molecular flexibility index (Phi) is 3.22. The van der Waals surface area contributed by atoms with E-state index in [4.69, 9.17) is 23.2 Å². The zero-order chi connectivity index (χ0) is 11.5. The molecule has 0 aliphatic heterocycles. The number of para-hydroxylation sites is 1. The van der Waals surface area contributed by atoms with E-state index >= 15 is 0 Å². The molecule has 1 N–H and O–H groups in total. The summed E-state index contributed by atoms with van der Waals surface area (Å²) in [5.74, 6) is -0.125. The summed E-state index contributed by atoms with van der Waals surface area (Å²) >= 11 is 11.4. The molecule has 0 spiro atoms. The number of anilines is 2. The van der Waals surface area contributed by atoms with E-state index < -0.39 is 5.82 Å². The molecule has 0 aliphatic rings. The SMILES string of the molecule is Fc1ccccc1Nc1nc(Cl)ncc1Cl. The van der Waals surface area contributed by atoms with Crippen molar-refractivity contribution in [2.75, 3.05) is 5.32 Å². The Balaban J connectivity index is 2.34. The van der Waals surface area contributed by atoms with Crippen molar-refractivity contribution >= 4 is 34.7 Å². The van der Waals surface area contributed by atoms with E-state index in [1.54, 1.807) is 18.2 Å². The van der Waals surface area contributed by atoms with Gasteiger partial charge in [-0.1, -0.05) is 23.7 Å². The lowest BCUT2D eigenvalue weighted by Crippen LogP contribution is -1.98. The molecule has 1 aromatic heterocycles. The van der Waals surface area contributed by atoms with Gasteiger partial charge in [0.05, 0.1) is 11.9 Å². The van der Waals surface area contributed by atoms with Crippen LogP contribution in [0.5, 0.6) is 0 Å². The van der Waals surface area contributed by atoms with Crippen molar-refractivity contribution < 1.29 is 4.39 Å². The topological polar surface area (TPSA) is 37.8 Å². The second kappa shape index (κ2) is 4.63. The summed E-state index contributed by atoms with van der Waals surface area (Å²) < 4.78 is 13.3. The van der Waals surface area contributed by atoms with Crippen LogP contribution in [0.4, 0.5) is 15.9 Å². The molecule has 3 nitrogen and oxygen atoms in total. The number of rotatable bonds is 2. The smallest absolute Gasteiger partial charge is 0.224 e. The van der Waals surface area contributed by atoms with Gasteiger partial charge in [-0.25, -0.2) is 9.37 Å². The normalized spacial score (nSPS) is 10.2. The summed E-state index contributed by atoms with van der Waals surface area (Å²) in [6.45, 7) is 0. The summed E-state index contributed by atoms with van der Waals surface area (Å²) in [7, 11) is 0. The second-order valence-corrected chi connectivity index (χ2v) is 3.69. The first-order valence-electron chi connectivity index (χ1n) is 4.36. The minimum atomic E-state index is -0.395. The highest BCUT2D eigenvalue weighted by molar-refractivity contribution is 6.33. The molecule has 0 saturated heterocycles. The monoisotopic (exact) mass is 257 g/mol. The molecule has 0 bridgehead atoms. The maximum Gasteiger partial charge on any atom is 0.224 e. The van der Waals surface area contributed by atoms with E-state index in [1.807, 2.05) is 0 Å². The van der Waals surface area contributed by atoms with E-state index in [0.717, 1.165) is 0 Å². The van der Waals surface area contributed by atoms with Gasteiger partial charge in [0, 0.05) is 0 Å². The van der Waals surface area contributed by atoms with Gasteiger partial charge in [-0.05, 0) is 23.7 Å². The molecule has 0 saturated carbocycles. The van der Waals surface area contributed by atoms with Gasteiger partial charge in [-0.15, -0.1) is 0 Å². The van der Waals surface area contributed by atoms with Crippen LogP contribution in [0.1, 0.15) is 0 Å². The minimum Gasteiger partial charge on any atom is -0.336 e. The van der Waals surface area contributed by atoms with Crippen LogP contribution >= 0.6 is 23.2 Å². The Hall–Kier alpha value is -1.39. The molecule has 2 rings (SSSR count). The standard InChI is InChI=1S/C10H6Cl2FN3/c11-6-5-14-10(12)16-9(6)15-8-4-2-1-3-7(8)13/h1-5H,(H,14,15,16). The van der Waals surface area contributed by atoms with E-state index in [1.165, 1.54) is 12.3 Å². The molecule has 2 aromatic rings. The van der Waals surface area contributed by atoms with Crippen LogP contribution in [0.25, 0.3) is 0 Å². The summed E-state index contributed by atoms with van der Waals surface area (Å²) in [5, 5.41) is 3.05. The Morgan fingerprint density at radius 3 is 2.69 bits per heavy atom. The highest BCUT2D eigenvalue weighted by Gasteiger charge is 2.07. The summed E-state index contributed by atoms with van der Waals surface area (Å²) in [6.07, 6.45) is 1.35. The van der Waals surface area contributed by atoms with Crippen LogP contribution in [0, 0.1) is 5.82 Å². The van der Waals surface area contributed by atoms with Gasteiger partial charge in [0.1, 0.15) is 10.8 Å². The zero-order valence-corrected chi connectivity index (χ0v) is 9.43. The van der Waals surface area contributed by atoms with Gasteiger partial charge in [-0.2, -0.15) is 4.98 Å². The third kappa shape index (κ3) is 2.40. The van der Waals surface area contributed by atoms with Gasteiger partial charge in [0.2, 0.25) is 5.28 Å². The van der Waals surface area contributed by atoms with Crippen LogP contribution in [0.3, 0.4) is 0 Å². The van der Waals surface area contributed by atoms with E-state index in [9.17, 15) is 4.39 Å². The molecule has 0 unspecified atom stereocenters. The van der Waals surface area contributed by atoms with Crippen molar-refractivity contribution in [2.45, 2.75) is 0 Å². The first-order chi connectivity index (χ1) is 7.66. The zero-order valence-electron chi connectivity index (χ0n) is 7.92. The Bertz CT molecular complexity index is 519. The molecule has 0 atom stereocenters. The van der Waals surface area contributed by atoms with E-state index in [-0.39, 0.29) is 21.8 Å². The maximum absolute atomic E-state index is 13.3. The predicted octanol–water partition coefficient (Wildman–Crippen LogP) is 3.67. The molecule has 82 valence electrons. The third-order valence-corrected chi connectivity index (χ3v) is 2.30. The molecule has 0 radical (unpaired) electrons. The molecule has 0 fully saturated rings. The third-order valence-electron chi connectivity index (χ3n) is 1.84. The first kappa shape index (κ1) is 11.1. The van der Waals surface area contributed by atoms with Gasteiger partial charge in [0.25, 0.3) is 0 Å². The lowest BCUT2D eigenvalue weighted by Gasteiger charge is -2.07. The molecule has 0 aliphatic carbocycles. The Morgan fingerprint density at radius 1 is 1.19 bits per heavy atom. The van der Waals surface area contributed by atoms with Crippen LogP contribution in [-0.4, -0.2) is 9.97 Å². The van der Waals surface area contributed by atoms with Crippen molar-refractivity contribution in [1.82, 2.24) is 9.97 Å². The van der Waals surface area contributed by atoms with Crippen molar-refractivity contribution in [3.8, 4) is 0 Å². The van der Waals surface area contributed by atoms with Gasteiger partial charge < -0.3 is 5.32 Å². The maximum atomic E-state index is 13.3. The fraction of sp³-hybridized carbons (Fsp3) is 0. The first-order valence-corrected chi connectivity index (χ1v) is 5.12. The predicted molar refractivity (Wildman–Crippen MR) is 61.7 cm³/mol. The average Bonchev–Trinajstić information content (AvgIpc) is 2.27. The van der Waals surface area contributed by atoms with Crippen molar-refractivity contribution in [1.29, 1.82) is 0 Å². The van der Waals surface area contributed by atoms with Crippen molar-refractivity contribution in [3.63, 3.8) is 0 Å². The fourth-order valence-corrected chi connectivity index (χ4v) is 1.40. The molecule has 0 amide bonds. The quantitative estimate of drug-likeness (QED) is 0.835. The molecule has 1 aromatic carbocycles. The second-order valence-electron chi connectivity index (χ2n) is 2.94. The van der Waals surface area contributed by atoms with Gasteiger partial charge in [0.15, 0.2) is 5.82 Å². The number of benzene rings is 1. The minimum absolute atomic E-state index is 0.0447. The highest BCUT2D eigenvalue weighted by Crippen LogP contribution is 2.24. The van der Waals surface area contributed by atoms with Crippen molar-refractivity contribution in [2.24, 2.45) is 0 Å². The largest absolute Gasteiger partial charge is 0.336 e. The molecule has 6 heteroatoms. The van der Waals surface area contributed by atoms with E-state index in [0.29, 0.717) is 0 Å². The van der Waals surface area contributed by atoms with Gasteiger partial charge >= 0.3 is 0 Å². The molecule has 16 heavy (non-hydrogen) atoms. The summed E-state index contributed by atoms with van der Waals surface area (Å²) in [6, 6.07) is 6.19. The number of nitrogens with zero attached hydrogens (tertiary/aromatic N) is 2. The number of aromatic nitrogens is 2. The lowest BCUT2D eigenvalue weighted by atomic mass is 10.3. The Morgan fingerprint density at radius 2 is 1.94 bits per heavy atom. The average molecular weight is 258 g/mol. The molecule has 1 heterocycles. The number of hydrogen-bond donors (Lipinski definition) is 1. The van der Waals surface area contributed by atoms with Gasteiger partial charge in [-0.3, -0.25) is 0 Å². The van der Waals surface area contributed by atoms with Crippen LogP contribution < -0.4 is 5.32 Å². The van der Waals surface area contributed by atoms with Crippen molar-refractivity contribution in [3.05, 3.63) is 46.6 Å². The molecular weight excluding hydrogens is 252 g/mol. The highest BCUT2D eigenvalue weighted by atomic mass is 35.5. The number of halogens is 3. The van der Waals surface area contributed by atoms with Crippen LogP contribution in [0.15, 0.2) is 30.5 Å². The van der Waals surface area contributed by atoms with E-state index in [2.05, 4.69) is 15.3 Å². The summed E-state index contributed by atoms with van der Waals surface area (Å²) in [4.78, 5) is 7.55. The lowest BCUT2D eigenvalue weighted by molar-refractivity contribution is 0.632. The fourth-order valence-electron chi connectivity index (χ4n) is 1.12. The van der Waals surface area contributed by atoms with Crippen LogP contribution in [0.2, 0.25) is 10.3 Å². The number of nitrogens with one attached hydrogen (secondary N) is 1. The molecular formula is C10H6Cl2FN3. The number of hydrogen-bond acceptors (Lipinski definition) is 3. The Labute approximate surface area is 101 Å². The van der Waals surface area contributed by atoms with Crippen LogP contribution in [-0.2, 0) is 0 Å². The summed E-state index contributed by atoms with van der Waals surface area (Å²) in [5.41, 5.74) is 0.277.